The van der Waals surface area contributed by atoms with Crippen LogP contribution in [-0.4, -0.2) is 26.1 Å². The molecule has 2 heterocycles. The Morgan fingerprint density at radius 1 is 1.32 bits per heavy atom. The van der Waals surface area contributed by atoms with E-state index in [4.69, 9.17) is 4.42 Å². The number of hydrogen-bond donors (Lipinski definition) is 1. The van der Waals surface area contributed by atoms with Crippen LogP contribution in [0.5, 0.6) is 0 Å². The Kier molecular flexibility index (Phi) is 2.75. The molecule has 0 atom stereocenters. The third-order valence-electron chi connectivity index (χ3n) is 2.91. The summed E-state index contributed by atoms with van der Waals surface area (Å²) in [5.41, 5.74) is 1.34. The van der Waals surface area contributed by atoms with E-state index in [1.165, 1.54) is 0 Å². The predicted octanol–water partition coefficient (Wildman–Crippen LogP) is 1.97. The van der Waals surface area contributed by atoms with Crippen LogP contribution in [0.4, 0.5) is 0 Å². The zero-order chi connectivity index (χ0) is 13.2. The van der Waals surface area contributed by atoms with Gasteiger partial charge in [-0.15, -0.1) is 5.10 Å². The van der Waals surface area contributed by atoms with E-state index in [1.54, 1.807) is 29.1 Å². The van der Waals surface area contributed by atoms with Gasteiger partial charge in [-0.2, -0.15) is 0 Å². The highest BCUT2D eigenvalue weighted by Gasteiger charge is 2.14. The van der Waals surface area contributed by atoms with Crippen LogP contribution < -0.4 is 0 Å². The molecule has 0 aliphatic rings. The molecule has 6 heteroatoms. The van der Waals surface area contributed by atoms with Crippen molar-refractivity contribution in [1.29, 1.82) is 0 Å². The van der Waals surface area contributed by atoms with Crippen molar-refractivity contribution in [3.8, 4) is 0 Å². The van der Waals surface area contributed by atoms with Crippen LogP contribution >= 0.6 is 0 Å². The smallest absolute Gasteiger partial charge is 0.337 e. The average molecular weight is 257 g/mol. The number of carboxylic acid groups (broad SMARTS) is 1. The standard InChI is InChI=1S/C13H11N3O3/c17-13(18)10-4-1-5-11-12(10)16(15-14-11)7-6-9-3-2-8-19-9/h1-5,8H,6-7H2,(H,17,18). The monoisotopic (exact) mass is 257 g/mol. The fourth-order valence-electron chi connectivity index (χ4n) is 2.03. The summed E-state index contributed by atoms with van der Waals surface area (Å²) in [6, 6.07) is 8.65. The maximum atomic E-state index is 11.2. The van der Waals surface area contributed by atoms with Crippen molar-refractivity contribution in [2.24, 2.45) is 0 Å². The molecule has 0 fully saturated rings. The second kappa shape index (κ2) is 4.56. The van der Waals surface area contributed by atoms with Crippen LogP contribution in [0.25, 0.3) is 11.0 Å². The largest absolute Gasteiger partial charge is 0.478 e. The molecule has 0 spiro atoms. The quantitative estimate of drug-likeness (QED) is 0.772. The van der Waals surface area contributed by atoms with Crippen molar-refractivity contribution in [2.75, 3.05) is 0 Å². The summed E-state index contributed by atoms with van der Waals surface area (Å²) < 4.78 is 6.84. The van der Waals surface area contributed by atoms with Gasteiger partial charge >= 0.3 is 5.97 Å². The molecular formula is C13H11N3O3. The molecule has 0 radical (unpaired) electrons. The molecule has 0 saturated carbocycles. The number of aromatic nitrogens is 3. The van der Waals surface area contributed by atoms with E-state index in [9.17, 15) is 9.90 Å². The molecule has 0 unspecified atom stereocenters. The second-order valence-corrected chi connectivity index (χ2v) is 4.12. The molecule has 3 rings (SSSR count). The molecular weight excluding hydrogens is 246 g/mol. The number of furan rings is 1. The fraction of sp³-hybridized carbons (Fsp3) is 0.154. The number of nitrogens with zero attached hydrogens (tertiary/aromatic N) is 3. The molecule has 2 aromatic heterocycles. The molecule has 0 amide bonds. The van der Waals surface area contributed by atoms with Crippen LogP contribution in [0.2, 0.25) is 0 Å². The van der Waals surface area contributed by atoms with E-state index in [-0.39, 0.29) is 5.56 Å². The van der Waals surface area contributed by atoms with Crippen LogP contribution in [-0.2, 0) is 13.0 Å². The maximum Gasteiger partial charge on any atom is 0.337 e. The number of aryl methyl sites for hydroxylation is 2. The molecule has 19 heavy (non-hydrogen) atoms. The van der Waals surface area contributed by atoms with Gasteiger partial charge in [0.15, 0.2) is 0 Å². The minimum absolute atomic E-state index is 0.210. The molecule has 0 aliphatic carbocycles. The number of rotatable bonds is 4. The lowest BCUT2D eigenvalue weighted by Crippen LogP contribution is -2.07. The normalized spacial score (nSPS) is 10.9. The zero-order valence-electron chi connectivity index (χ0n) is 9.98. The lowest BCUT2D eigenvalue weighted by Gasteiger charge is -2.03. The lowest BCUT2D eigenvalue weighted by molar-refractivity contribution is 0.0698. The van der Waals surface area contributed by atoms with Gasteiger partial charge in [-0.05, 0) is 24.3 Å². The van der Waals surface area contributed by atoms with Crippen LogP contribution in [0.1, 0.15) is 16.1 Å². The third-order valence-corrected chi connectivity index (χ3v) is 2.91. The minimum Gasteiger partial charge on any atom is -0.478 e. The van der Waals surface area contributed by atoms with Crippen LogP contribution in [0.3, 0.4) is 0 Å². The average Bonchev–Trinajstić information content (AvgIpc) is 3.05. The summed E-state index contributed by atoms with van der Waals surface area (Å²) in [6.07, 6.45) is 2.25. The Hall–Kier alpha value is -2.63. The molecule has 0 aliphatic heterocycles. The number of fused-ring (bicyclic) bond motifs is 1. The van der Waals surface area contributed by atoms with Gasteiger partial charge in [-0.3, -0.25) is 0 Å². The topological polar surface area (TPSA) is 81.1 Å². The molecule has 0 bridgehead atoms. The Morgan fingerprint density at radius 2 is 2.21 bits per heavy atom. The first-order chi connectivity index (χ1) is 9.25. The van der Waals surface area contributed by atoms with Gasteiger partial charge in [-0.1, -0.05) is 11.3 Å². The first kappa shape index (κ1) is 11.5. The molecule has 0 saturated heterocycles. The third kappa shape index (κ3) is 2.08. The lowest BCUT2D eigenvalue weighted by atomic mass is 10.2. The summed E-state index contributed by atoms with van der Waals surface area (Å²) in [7, 11) is 0. The molecule has 6 nitrogen and oxygen atoms in total. The van der Waals surface area contributed by atoms with E-state index < -0.39 is 5.97 Å². The summed E-state index contributed by atoms with van der Waals surface area (Å²) in [5, 5.41) is 17.2. The summed E-state index contributed by atoms with van der Waals surface area (Å²) in [6.45, 7) is 0.522. The molecule has 96 valence electrons. The zero-order valence-corrected chi connectivity index (χ0v) is 9.98. The molecule has 1 N–H and O–H groups in total. The second-order valence-electron chi connectivity index (χ2n) is 4.12. The van der Waals surface area contributed by atoms with Gasteiger partial charge in [0.2, 0.25) is 0 Å². The number of hydrogen-bond acceptors (Lipinski definition) is 4. The Morgan fingerprint density at radius 3 is 2.95 bits per heavy atom. The van der Waals surface area contributed by atoms with Crippen molar-refractivity contribution < 1.29 is 14.3 Å². The minimum atomic E-state index is -0.979. The Bertz CT molecular complexity index is 716. The van der Waals surface area contributed by atoms with Crippen molar-refractivity contribution >= 4 is 17.0 Å². The van der Waals surface area contributed by atoms with Crippen molar-refractivity contribution in [1.82, 2.24) is 15.0 Å². The maximum absolute atomic E-state index is 11.2. The Labute approximate surface area is 108 Å². The highest BCUT2D eigenvalue weighted by molar-refractivity contribution is 6.00. The number of aromatic carboxylic acids is 1. The van der Waals surface area contributed by atoms with Crippen LogP contribution in [0.15, 0.2) is 41.0 Å². The summed E-state index contributed by atoms with van der Waals surface area (Å²) in [5.74, 6) is -0.149. The first-order valence-electron chi connectivity index (χ1n) is 5.83. The number of carbonyl (C=O) groups is 1. The first-order valence-corrected chi connectivity index (χ1v) is 5.83. The van der Waals surface area contributed by atoms with E-state index in [2.05, 4.69) is 10.3 Å². The van der Waals surface area contributed by atoms with Crippen molar-refractivity contribution in [3.05, 3.63) is 47.9 Å². The van der Waals surface area contributed by atoms with E-state index in [0.717, 1.165) is 5.76 Å². The molecule has 1 aromatic carbocycles. The van der Waals surface area contributed by atoms with Gasteiger partial charge in [-0.25, -0.2) is 9.48 Å². The highest BCUT2D eigenvalue weighted by atomic mass is 16.4. The SMILES string of the molecule is O=C(O)c1cccc2nnn(CCc3ccco3)c12. The number of benzene rings is 1. The molecule has 3 aromatic rings. The van der Waals surface area contributed by atoms with E-state index in [0.29, 0.717) is 24.0 Å². The fourth-order valence-corrected chi connectivity index (χ4v) is 2.03. The van der Waals surface area contributed by atoms with Gasteiger partial charge in [0.1, 0.15) is 16.8 Å². The number of para-hydroxylation sites is 1. The van der Waals surface area contributed by atoms with Gasteiger partial charge in [0.25, 0.3) is 0 Å². The number of carboxylic acids is 1. The van der Waals surface area contributed by atoms with E-state index >= 15 is 0 Å². The van der Waals surface area contributed by atoms with Crippen molar-refractivity contribution in [3.63, 3.8) is 0 Å². The van der Waals surface area contributed by atoms with Crippen molar-refractivity contribution in [2.45, 2.75) is 13.0 Å². The van der Waals surface area contributed by atoms with E-state index in [1.807, 2.05) is 12.1 Å². The Balaban J connectivity index is 1.97. The summed E-state index contributed by atoms with van der Waals surface area (Å²) >= 11 is 0. The predicted molar refractivity (Wildman–Crippen MR) is 66.9 cm³/mol. The summed E-state index contributed by atoms with van der Waals surface area (Å²) in [4.78, 5) is 11.2. The highest BCUT2D eigenvalue weighted by Crippen LogP contribution is 2.17. The van der Waals surface area contributed by atoms with Gasteiger partial charge < -0.3 is 9.52 Å². The van der Waals surface area contributed by atoms with Gasteiger partial charge in [0.05, 0.1) is 18.4 Å². The van der Waals surface area contributed by atoms with Crippen LogP contribution in [0, 0.1) is 0 Å². The van der Waals surface area contributed by atoms with Gasteiger partial charge in [0, 0.05) is 6.42 Å².